The summed E-state index contributed by atoms with van der Waals surface area (Å²) in [6, 6.07) is 2.09. The molecule has 5 nitrogen and oxygen atoms in total. The summed E-state index contributed by atoms with van der Waals surface area (Å²) in [6.07, 6.45) is 5.43. The molecule has 0 aromatic carbocycles. The molecule has 0 unspecified atom stereocenters. The maximum atomic E-state index is 9.34. The van der Waals surface area contributed by atoms with Gasteiger partial charge < -0.3 is 13.9 Å². The van der Waals surface area contributed by atoms with Gasteiger partial charge in [-0.2, -0.15) is 0 Å². The van der Waals surface area contributed by atoms with Gasteiger partial charge in [0.2, 0.25) is 5.89 Å². The van der Waals surface area contributed by atoms with Crippen LogP contribution in [0.3, 0.4) is 0 Å². The van der Waals surface area contributed by atoms with Crippen LogP contribution in [-0.2, 0) is 6.54 Å². The van der Waals surface area contributed by atoms with E-state index in [1.807, 2.05) is 13.0 Å². The van der Waals surface area contributed by atoms with Gasteiger partial charge in [-0.05, 0) is 32.4 Å². The molecule has 0 aliphatic carbocycles. The summed E-state index contributed by atoms with van der Waals surface area (Å²) in [4.78, 5) is 6.80. The van der Waals surface area contributed by atoms with Crippen LogP contribution in [0, 0.1) is 6.92 Å². The van der Waals surface area contributed by atoms with Crippen molar-refractivity contribution in [3.8, 4) is 11.5 Å². The van der Waals surface area contributed by atoms with Gasteiger partial charge in [0, 0.05) is 12.6 Å². The highest BCUT2D eigenvalue weighted by atomic mass is 16.4. The molecule has 2 aromatic rings. The van der Waals surface area contributed by atoms with Crippen molar-refractivity contribution in [3.63, 3.8) is 0 Å². The number of aromatic nitrogens is 1. The van der Waals surface area contributed by atoms with Crippen molar-refractivity contribution in [1.29, 1.82) is 0 Å². The standard InChI is InChI=1S/C14H18N2O3/c1-10-13(7-16-5-2-3-12(16)8-17)15-14(19-10)11-4-6-18-9-11/h4,6,9,12,17H,2-3,5,7-8H2,1H3/t12-/m0/s1. The topological polar surface area (TPSA) is 62.6 Å². The molecule has 0 bridgehead atoms. The second kappa shape index (κ2) is 5.19. The fraction of sp³-hybridized carbons (Fsp3) is 0.500. The predicted molar refractivity (Wildman–Crippen MR) is 69.5 cm³/mol. The number of hydrogen-bond acceptors (Lipinski definition) is 5. The third-order valence-electron chi connectivity index (χ3n) is 3.72. The molecule has 1 aliphatic rings. The minimum absolute atomic E-state index is 0.214. The lowest BCUT2D eigenvalue weighted by Gasteiger charge is -2.21. The third-order valence-corrected chi connectivity index (χ3v) is 3.72. The van der Waals surface area contributed by atoms with Gasteiger partial charge in [-0.25, -0.2) is 4.98 Å². The lowest BCUT2D eigenvalue weighted by atomic mass is 10.2. The van der Waals surface area contributed by atoms with Crippen LogP contribution in [0.25, 0.3) is 11.5 Å². The quantitative estimate of drug-likeness (QED) is 0.915. The molecule has 0 amide bonds. The maximum Gasteiger partial charge on any atom is 0.229 e. The van der Waals surface area contributed by atoms with E-state index >= 15 is 0 Å². The van der Waals surface area contributed by atoms with E-state index in [1.54, 1.807) is 12.5 Å². The van der Waals surface area contributed by atoms with Gasteiger partial charge in [0.05, 0.1) is 24.1 Å². The summed E-state index contributed by atoms with van der Waals surface area (Å²) in [5.74, 6) is 1.43. The summed E-state index contributed by atoms with van der Waals surface area (Å²) < 4.78 is 10.7. The predicted octanol–water partition coefficient (Wildman–Crippen LogP) is 2.20. The molecule has 1 N–H and O–H groups in total. The number of aryl methyl sites for hydroxylation is 1. The molecular formula is C14H18N2O3. The summed E-state index contributed by atoms with van der Waals surface area (Å²) in [7, 11) is 0. The van der Waals surface area contributed by atoms with E-state index in [2.05, 4.69) is 9.88 Å². The average Bonchev–Trinajstić information content (AvgIpc) is 3.11. The van der Waals surface area contributed by atoms with Gasteiger partial charge in [0.25, 0.3) is 0 Å². The molecule has 0 saturated carbocycles. The summed E-state index contributed by atoms with van der Waals surface area (Å²) in [5.41, 5.74) is 1.80. The highest BCUT2D eigenvalue weighted by Crippen LogP contribution is 2.25. The van der Waals surface area contributed by atoms with Gasteiger partial charge >= 0.3 is 0 Å². The van der Waals surface area contributed by atoms with Crippen LogP contribution in [0.2, 0.25) is 0 Å². The van der Waals surface area contributed by atoms with E-state index in [0.29, 0.717) is 5.89 Å². The van der Waals surface area contributed by atoms with Crippen molar-refractivity contribution in [2.75, 3.05) is 13.2 Å². The Morgan fingerprint density at radius 1 is 1.53 bits per heavy atom. The first kappa shape index (κ1) is 12.4. The second-order valence-corrected chi connectivity index (χ2v) is 4.98. The zero-order valence-electron chi connectivity index (χ0n) is 11.0. The smallest absolute Gasteiger partial charge is 0.229 e. The van der Waals surface area contributed by atoms with E-state index in [-0.39, 0.29) is 12.6 Å². The minimum atomic E-state index is 0.214. The number of aliphatic hydroxyl groups excluding tert-OH is 1. The Kier molecular flexibility index (Phi) is 3.40. The van der Waals surface area contributed by atoms with Gasteiger partial charge in [0.1, 0.15) is 12.0 Å². The number of rotatable bonds is 4. The minimum Gasteiger partial charge on any atom is -0.472 e. The van der Waals surface area contributed by atoms with Crippen molar-refractivity contribution in [2.24, 2.45) is 0 Å². The molecular weight excluding hydrogens is 244 g/mol. The lowest BCUT2D eigenvalue weighted by Crippen LogP contribution is -2.31. The number of nitrogens with zero attached hydrogens (tertiary/aromatic N) is 2. The van der Waals surface area contributed by atoms with Gasteiger partial charge in [-0.15, -0.1) is 0 Å². The van der Waals surface area contributed by atoms with Crippen LogP contribution in [0.15, 0.2) is 27.4 Å². The zero-order valence-corrected chi connectivity index (χ0v) is 11.0. The highest BCUT2D eigenvalue weighted by molar-refractivity contribution is 5.51. The third kappa shape index (κ3) is 2.43. The number of furan rings is 1. The van der Waals surface area contributed by atoms with Gasteiger partial charge in [0.15, 0.2) is 0 Å². The summed E-state index contributed by atoms with van der Waals surface area (Å²) in [5, 5.41) is 9.34. The first-order valence-corrected chi connectivity index (χ1v) is 6.61. The Morgan fingerprint density at radius 3 is 3.16 bits per heavy atom. The Balaban J connectivity index is 1.78. The monoisotopic (exact) mass is 262 g/mol. The normalized spacial score (nSPS) is 20.2. The Hall–Kier alpha value is -1.59. The molecule has 0 spiro atoms. The Labute approximate surface area is 111 Å². The molecule has 3 heterocycles. The van der Waals surface area contributed by atoms with Crippen molar-refractivity contribution in [2.45, 2.75) is 32.4 Å². The largest absolute Gasteiger partial charge is 0.472 e. The molecule has 1 aliphatic heterocycles. The Bertz CT molecular complexity index is 533. The fourth-order valence-corrected chi connectivity index (χ4v) is 2.59. The molecule has 3 rings (SSSR count). The van der Waals surface area contributed by atoms with Crippen LogP contribution < -0.4 is 0 Å². The lowest BCUT2D eigenvalue weighted by molar-refractivity contribution is 0.152. The van der Waals surface area contributed by atoms with Crippen LogP contribution in [-0.4, -0.2) is 34.2 Å². The van der Waals surface area contributed by atoms with Crippen LogP contribution >= 0.6 is 0 Å². The maximum absolute atomic E-state index is 9.34. The van der Waals surface area contributed by atoms with E-state index in [0.717, 1.165) is 42.9 Å². The van der Waals surface area contributed by atoms with E-state index < -0.39 is 0 Å². The van der Waals surface area contributed by atoms with Crippen LogP contribution in [0.4, 0.5) is 0 Å². The average molecular weight is 262 g/mol. The van der Waals surface area contributed by atoms with E-state index in [1.165, 1.54) is 0 Å². The zero-order chi connectivity index (χ0) is 13.2. The van der Waals surface area contributed by atoms with Crippen LogP contribution in [0.1, 0.15) is 24.3 Å². The Morgan fingerprint density at radius 2 is 2.42 bits per heavy atom. The van der Waals surface area contributed by atoms with E-state index in [9.17, 15) is 5.11 Å². The number of hydrogen-bond donors (Lipinski definition) is 1. The molecule has 2 aromatic heterocycles. The van der Waals surface area contributed by atoms with Gasteiger partial charge in [-0.3, -0.25) is 4.90 Å². The molecule has 0 radical (unpaired) electrons. The SMILES string of the molecule is Cc1oc(-c2ccoc2)nc1CN1CCC[C@H]1CO. The van der Waals surface area contributed by atoms with Crippen molar-refractivity contribution < 1.29 is 13.9 Å². The number of oxazole rings is 1. The second-order valence-electron chi connectivity index (χ2n) is 4.98. The first-order chi connectivity index (χ1) is 9.28. The van der Waals surface area contributed by atoms with Gasteiger partial charge in [-0.1, -0.05) is 0 Å². The fourth-order valence-electron chi connectivity index (χ4n) is 2.59. The molecule has 1 fully saturated rings. The molecule has 1 saturated heterocycles. The first-order valence-electron chi connectivity index (χ1n) is 6.61. The number of aliphatic hydroxyl groups is 1. The molecule has 1 atom stereocenters. The molecule has 102 valence electrons. The highest BCUT2D eigenvalue weighted by Gasteiger charge is 2.25. The van der Waals surface area contributed by atoms with Crippen molar-refractivity contribution >= 4 is 0 Å². The molecule has 19 heavy (non-hydrogen) atoms. The van der Waals surface area contributed by atoms with Crippen LogP contribution in [0.5, 0.6) is 0 Å². The summed E-state index contributed by atoms with van der Waals surface area (Å²) >= 11 is 0. The van der Waals surface area contributed by atoms with E-state index in [4.69, 9.17) is 8.83 Å². The summed E-state index contributed by atoms with van der Waals surface area (Å²) in [6.45, 7) is 3.89. The van der Waals surface area contributed by atoms with Crippen molar-refractivity contribution in [3.05, 3.63) is 30.0 Å². The van der Waals surface area contributed by atoms with Crippen molar-refractivity contribution in [1.82, 2.24) is 9.88 Å². The number of likely N-dealkylation sites (tertiary alicyclic amines) is 1. The molecule has 5 heteroatoms.